The largest absolute Gasteiger partial charge is 0.368 e. The molecule has 1 N–H and O–H groups in total. The molecule has 2 aliphatic heterocycles. The lowest BCUT2D eigenvalue weighted by Crippen LogP contribution is -2.49. The molecule has 0 bridgehead atoms. The van der Waals surface area contributed by atoms with Gasteiger partial charge in [-0.1, -0.05) is 29.8 Å². The fraction of sp³-hybridized carbons (Fsp3) is 0.579. The Morgan fingerprint density at radius 1 is 1.17 bits per heavy atom. The Balaban J connectivity index is 1.43. The van der Waals surface area contributed by atoms with Crippen molar-refractivity contribution in [3.05, 3.63) is 35.4 Å². The van der Waals surface area contributed by atoms with E-state index in [0.29, 0.717) is 26.1 Å². The van der Waals surface area contributed by atoms with Crippen molar-refractivity contribution < 1.29 is 14.3 Å². The van der Waals surface area contributed by atoms with Crippen molar-refractivity contribution in [1.29, 1.82) is 0 Å². The summed E-state index contributed by atoms with van der Waals surface area (Å²) >= 11 is 0. The smallest absolute Gasteiger partial charge is 0.249 e. The van der Waals surface area contributed by atoms with Crippen LogP contribution in [0.25, 0.3) is 0 Å². The molecule has 2 fully saturated rings. The van der Waals surface area contributed by atoms with Gasteiger partial charge in [0.2, 0.25) is 11.8 Å². The predicted molar refractivity (Wildman–Crippen MR) is 91.6 cm³/mol. The maximum absolute atomic E-state index is 12.4. The molecule has 3 rings (SSSR count). The number of ether oxygens (including phenoxy) is 1. The fourth-order valence-corrected chi connectivity index (χ4v) is 3.34. The lowest BCUT2D eigenvalue weighted by atomic mass is 10.0. The Labute approximate surface area is 143 Å². The average Bonchev–Trinajstić information content (AvgIpc) is 3.12. The van der Waals surface area contributed by atoms with Crippen molar-refractivity contribution >= 4 is 11.8 Å². The molecular formula is C19H26N2O3. The summed E-state index contributed by atoms with van der Waals surface area (Å²) < 4.78 is 5.41. The number of amides is 2. The van der Waals surface area contributed by atoms with Crippen LogP contribution in [-0.4, -0.2) is 48.6 Å². The van der Waals surface area contributed by atoms with Gasteiger partial charge >= 0.3 is 0 Å². The number of nitrogens with zero attached hydrogens (tertiary/aromatic N) is 1. The summed E-state index contributed by atoms with van der Waals surface area (Å²) in [6.45, 7) is 4.15. The number of piperidine rings is 1. The van der Waals surface area contributed by atoms with Crippen LogP contribution in [0.1, 0.15) is 36.8 Å². The molecule has 5 nitrogen and oxygen atoms in total. The van der Waals surface area contributed by atoms with Gasteiger partial charge in [0.15, 0.2) is 0 Å². The molecule has 24 heavy (non-hydrogen) atoms. The van der Waals surface area contributed by atoms with Crippen molar-refractivity contribution in [1.82, 2.24) is 10.2 Å². The summed E-state index contributed by atoms with van der Waals surface area (Å²) in [7, 11) is 0. The van der Waals surface area contributed by atoms with E-state index in [4.69, 9.17) is 4.74 Å². The van der Waals surface area contributed by atoms with E-state index in [1.54, 1.807) is 0 Å². The Kier molecular flexibility index (Phi) is 5.51. The summed E-state index contributed by atoms with van der Waals surface area (Å²) in [6, 6.07) is 8.26. The van der Waals surface area contributed by atoms with Gasteiger partial charge in [0.05, 0.1) is 6.42 Å². The zero-order valence-corrected chi connectivity index (χ0v) is 14.3. The number of aryl methyl sites for hydroxylation is 1. The van der Waals surface area contributed by atoms with Gasteiger partial charge in [-0.3, -0.25) is 9.59 Å². The molecule has 1 unspecified atom stereocenters. The summed E-state index contributed by atoms with van der Waals surface area (Å²) in [6.07, 6.45) is 3.60. The number of carbonyl (C=O) groups excluding carboxylic acids is 2. The summed E-state index contributed by atoms with van der Waals surface area (Å²) in [4.78, 5) is 26.4. The predicted octanol–water partition coefficient (Wildman–Crippen LogP) is 1.82. The number of rotatable bonds is 4. The first-order valence-electron chi connectivity index (χ1n) is 8.87. The van der Waals surface area contributed by atoms with E-state index >= 15 is 0 Å². The standard InChI is InChI=1S/C19H26N2O3/c1-14-4-6-15(7-5-14)13-18(22)21-10-8-16(9-11-21)20-19(23)17-3-2-12-24-17/h4-7,16-17H,2-3,8-13H2,1H3,(H,20,23). The molecular weight excluding hydrogens is 304 g/mol. The van der Waals surface area contributed by atoms with Gasteiger partial charge in [-0.25, -0.2) is 0 Å². The molecule has 2 heterocycles. The van der Waals surface area contributed by atoms with Gasteiger partial charge in [-0.15, -0.1) is 0 Å². The Hall–Kier alpha value is -1.88. The van der Waals surface area contributed by atoms with E-state index in [1.165, 1.54) is 5.56 Å². The Morgan fingerprint density at radius 3 is 2.50 bits per heavy atom. The van der Waals surface area contributed by atoms with Crippen molar-refractivity contribution in [3.8, 4) is 0 Å². The van der Waals surface area contributed by atoms with Crippen molar-refractivity contribution in [2.45, 2.75) is 51.2 Å². The van der Waals surface area contributed by atoms with Crippen LogP contribution in [0.4, 0.5) is 0 Å². The zero-order chi connectivity index (χ0) is 16.9. The van der Waals surface area contributed by atoms with Gasteiger partial charge in [-0.2, -0.15) is 0 Å². The maximum atomic E-state index is 12.4. The van der Waals surface area contributed by atoms with E-state index in [-0.39, 0.29) is 24.0 Å². The van der Waals surface area contributed by atoms with Crippen molar-refractivity contribution in [3.63, 3.8) is 0 Å². The SMILES string of the molecule is Cc1ccc(CC(=O)N2CCC(NC(=O)C3CCCO3)CC2)cc1. The summed E-state index contributed by atoms with van der Waals surface area (Å²) in [5.74, 6) is 0.180. The molecule has 0 aliphatic carbocycles. The molecule has 1 aromatic carbocycles. The van der Waals surface area contributed by atoms with Gasteiger partial charge in [-0.05, 0) is 38.2 Å². The number of likely N-dealkylation sites (tertiary alicyclic amines) is 1. The topological polar surface area (TPSA) is 58.6 Å². The van der Waals surface area contributed by atoms with E-state index in [0.717, 1.165) is 31.2 Å². The number of nitrogens with one attached hydrogen (secondary N) is 1. The first-order valence-corrected chi connectivity index (χ1v) is 8.87. The van der Waals surface area contributed by atoms with Crippen LogP contribution in [0.2, 0.25) is 0 Å². The third-order valence-electron chi connectivity index (χ3n) is 4.89. The highest BCUT2D eigenvalue weighted by Crippen LogP contribution is 2.16. The van der Waals surface area contributed by atoms with Crippen LogP contribution in [-0.2, 0) is 20.7 Å². The zero-order valence-electron chi connectivity index (χ0n) is 14.3. The molecule has 1 aromatic rings. The third kappa shape index (κ3) is 4.35. The van der Waals surface area contributed by atoms with Crippen molar-refractivity contribution in [2.24, 2.45) is 0 Å². The second kappa shape index (κ2) is 7.79. The van der Waals surface area contributed by atoms with E-state index in [2.05, 4.69) is 5.32 Å². The number of carbonyl (C=O) groups is 2. The van der Waals surface area contributed by atoms with Crippen LogP contribution in [0, 0.1) is 6.92 Å². The molecule has 0 saturated carbocycles. The van der Waals surface area contributed by atoms with Crippen LogP contribution in [0.15, 0.2) is 24.3 Å². The highest BCUT2D eigenvalue weighted by molar-refractivity contribution is 5.81. The average molecular weight is 330 g/mol. The number of benzene rings is 1. The van der Waals surface area contributed by atoms with Crippen molar-refractivity contribution in [2.75, 3.05) is 19.7 Å². The van der Waals surface area contributed by atoms with E-state index < -0.39 is 0 Å². The minimum absolute atomic E-state index is 0.0110. The minimum atomic E-state index is -0.272. The highest BCUT2D eigenvalue weighted by Gasteiger charge is 2.28. The molecule has 130 valence electrons. The Morgan fingerprint density at radius 2 is 1.88 bits per heavy atom. The van der Waals surface area contributed by atoms with Gasteiger partial charge in [0.1, 0.15) is 6.10 Å². The number of hydrogen-bond acceptors (Lipinski definition) is 3. The molecule has 2 aliphatic rings. The van der Waals surface area contributed by atoms with E-state index in [9.17, 15) is 9.59 Å². The second-order valence-electron chi connectivity index (χ2n) is 6.83. The fourth-order valence-electron chi connectivity index (χ4n) is 3.34. The molecule has 0 aromatic heterocycles. The van der Waals surface area contributed by atoms with Gasteiger partial charge < -0.3 is 15.0 Å². The molecule has 2 amide bonds. The van der Waals surface area contributed by atoms with Gasteiger partial charge in [0.25, 0.3) is 0 Å². The molecule has 0 radical (unpaired) electrons. The lowest BCUT2D eigenvalue weighted by Gasteiger charge is -2.33. The highest BCUT2D eigenvalue weighted by atomic mass is 16.5. The third-order valence-corrected chi connectivity index (χ3v) is 4.89. The van der Waals surface area contributed by atoms with E-state index in [1.807, 2.05) is 36.1 Å². The normalized spacial score (nSPS) is 21.7. The lowest BCUT2D eigenvalue weighted by molar-refractivity contribution is -0.132. The monoisotopic (exact) mass is 330 g/mol. The minimum Gasteiger partial charge on any atom is -0.368 e. The first kappa shape index (κ1) is 17.0. The summed E-state index contributed by atoms with van der Waals surface area (Å²) in [5, 5.41) is 3.07. The second-order valence-corrected chi connectivity index (χ2v) is 6.83. The molecule has 2 saturated heterocycles. The first-order chi connectivity index (χ1) is 11.6. The van der Waals surface area contributed by atoms with Gasteiger partial charge in [0, 0.05) is 25.7 Å². The van der Waals surface area contributed by atoms with Crippen LogP contribution in [0.5, 0.6) is 0 Å². The summed E-state index contributed by atoms with van der Waals surface area (Å²) in [5.41, 5.74) is 2.26. The van der Waals surface area contributed by atoms with Crippen LogP contribution < -0.4 is 5.32 Å². The number of hydrogen-bond donors (Lipinski definition) is 1. The molecule has 1 atom stereocenters. The molecule has 0 spiro atoms. The molecule has 5 heteroatoms. The Bertz CT molecular complexity index is 571. The quantitative estimate of drug-likeness (QED) is 0.916. The maximum Gasteiger partial charge on any atom is 0.249 e. The van der Waals surface area contributed by atoms with Crippen LogP contribution in [0.3, 0.4) is 0 Å². The van der Waals surface area contributed by atoms with Crippen LogP contribution >= 0.6 is 0 Å².